The Morgan fingerprint density at radius 3 is 2.62 bits per heavy atom. The van der Waals surface area contributed by atoms with Gasteiger partial charge < -0.3 is 4.90 Å². The van der Waals surface area contributed by atoms with Gasteiger partial charge in [-0.2, -0.15) is 23.4 Å². The summed E-state index contributed by atoms with van der Waals surface area (Å²) < 4.78 is 42.1. The fraction of sp³-hybridized carbons (Fsp3) is 0.400. The van der Waals surface area contributed by atoms with E-state index in [1.807, 2.05) is 0 Å². The Labute approximate surface area is 145 Å². The number of amides is 1. The van der Waals surface area contributed by atoms with E-state index >= 15 is 0 Å². The van der Waals surface area contributed by atoms with Gasteiger partial charge in [-0.1, -0.05) is 0 Å². The van der Waals surface area contributed by atoms with Crippen molar-refractivity contribution in [2.24, 2.45) is 0 Å². The van der Waals surface area contributed by atoms with E-state index in [9.17, 15) is 18.0 Å². The summed E-state index contributed by atoms with van der Waals surface area (Å²) in [4.78, 5) is 22.5. The molecule has 26 heavy (non-hydrogen) atoms. The number of carbonyl (C=O) groups excluding carboxylic acids is 1. The number of hydrogen-bond acceptors (Lipinski definition) is 5. The minimum atomic E-state index is -4.60. The molecular weight excluding hydrogens is 351 g/mol. The molecular formula is C15H14F3N7O. The van der Waals surface area contributed by atoms with Crippen LogP contribution in [-0.2, 0) is 19.3 Å². The summed E-state index contributed by atoms with van der Waals surface area (Å²) in [5, 5.41) is 8.07. The van der Waals surface area contributed by atoms with Crippen molar-refractivity contribution < 1.29 is 18.0 Å². The van der Waals surface area contributed by atoms with Gasteiger partial charge in [0.15, 0.2) is 11.3 Å². The van der Waals surface area contributed by atoms with Gasteiger partial charge in [0.2, 0.25) is 0 Å². The van der Waals surface area contributed by atoms with E-state index in [4.69, 9.17) is 0 Å². The predicted molar refractivity (Wildman–Crippen MR) is 82.2 cm³/mol. The monoisotopic (exact) mass is 365 g/mol. The fourth-order valence-corrected chi connectivity index (χ4v) is 3.00. The molecule has 0 atom stereocenters. The number of carbonyl (C=O) groups is 1. The third-order valence-electron chi connectivity index (χ3n) is 4.12. The van der Waals surface area contributed by atoms with Gasteiger partial charge >= 0.3 is 6.18 Å². The zero-order valence-corrected chi connectivity index (χ0v) is 13.9. The molecule has 0 bridgehead atoms. The molecule has 0 saturated carbocycles. The molecule has 136 valence electrons. The molecule has 0 fully saturated rings. The van der Waals surface area contributed by atoms with Crippen LogP contribution in [0.2, 0.25) is 0 Å². The number of aryl methyl sites for hydroxylation is 2. The Hall–Kier alpha value is -2.98. The molecule has 4 rings (SSSR count). The van der Waals surface area contributed by atoms with Gasteiger partial charge in [-0.3, -0.25) is 4.79 Å². The summed E-state index contributed by atoms with van der Waals surface area (Å²) in [7, 11) is 0. The lowest BCUT2D eigenvalue weighted by atomic mass is 10.3. The molecule has 0 unspecified atom stereocenters. The molecule has 8 nitrogen and oxygen atoms in total. The Morgan fingerprint density at radius 1 is 1.12 bits per heavy atom. The van der Waals surface area contributed by atoms with Crippen molar-refractivity contribution in [1.82, 2.24) is 34.3 Å². The normalized spacial score (nSPS) is 14.7. The largest absolute Gasteiger partial charge is 0.433 e. The summed E-state index contributed by atoms with van der Waals surface area (Å²) in [5.74, 6) is 0.778. The summed E-state index contributed by atoms with van der Waals surface area (Å²) in [5.41, 5.74) is -0.867. The lowest BCUT2D eigenvalue weighted by molar-refractivity contribution is -0.142. The van der Waals surface area contributed by atoms with Crippen LogP contribution in [-0.4, -0.2) is 46.7 Å². The van der Waals surface area contributed by atoms with Crippen LogP contribution in [0.25, 0.3) is 5.65 Å². The fourth-order valence-electron chi connectivity index (χ4n) is 3.00. The second-order valence-corrected chi connectivity index (χ2v) is 6.11. The zero-order chi connectivity index (χ0) is 18.6. The van der Waals surface area contributed by atoms with E-state index in [1.165, 1.54) is 17.9 Å². The summed E-state index contributed by atoms with van der Waals surface area (Å²) in [6, 6.07) is 2.18. The minimum absolute atomic E-state index is 0.0169. The van der Waals surface area contributed by atoms with Crippen molar-refractivity contribution in [1.29, 1.82) is 0 Å². The molecule has 11 heteroatoms. The third-order valence-corrected chi connectivity index (χ3v) is 4.12. The first-order chi connectivity index (χ1) is 12.2. The third kappa shape index (κ3) is 2.68. The highest BCUT2D eigenvalue weighted by molar-refractivity contribution is 5.93. The lowest BCUT2D eigenvalue weighted by Gasteiger charge is -2.25. The molecule has 0 aromatic carbocycles. The van der Waals surface area contributed by atoms with Gasteiger partial charge in [-0.05, 0) is 19.9 Å². The zero-order valence-electron chi connectivity index (χ0n) is 13.9. The highest BCUT2D eigenvalue weighted by Gasteiger charge is 2.35. The van der Waals surface area contributed by atoms with Gasteiger partial charge in [0.1, 0.15) is 17.3 Å². The topological polar surface area (TPSA) is 81.2 Å². The molecule has 4 heterocycles. The van der Waals surface area contributed by atoms with Gasteiger partial charge in [-0.25, -0.2) is 19.2 Å². The summed E-state index contributed by atoms with van der Waals surface area (Å²) in [6.45, 7) is 4.30. The van der Waals surface area contributed by atoms with Crippen LogP contribution >= 0.6 is 0 Å². The summed E-state index contributed by atoms with van der Waals surface area (Å²) >= 11 is 0. The number of fused-ring (bicyclic) bond motifs is 2. The van der Waals surface area contributed by atoms with E-state index in [0.29, 0.717) is 29.3 Å². The SMILES string of the molecule is Cc1cc(C(F)(F)F)n2nc(C(=O)N3CCn4nc(C)nc4C3)cc2n1. The smallest absolute Gasteiger partial charge is 0.328 e. The summed E-state index contributed by atoms with van der Waals surface area (Å²) in [6.07, 6.45) is -4.60. The number of hydrogen-bond donors (Lipinski definition) is 0. The van der Waals surface area contributed by atoms with Crippen LogP contribution in [0.15, 0.2) is 12.1 Å². The molecule has 0 saturated heterocycles. The van der Waals surface area contributed by atoms with Crippen LogP contribution in [0.4, 0.5) is 13.2 Å². The van der Waals surface area contributed by atoms with Gasteiger partial charge in [0, 0.05) is 18.3 Å². The number of alkyl halides is 3. The second kappa shape index (κ2) is 5.51. The number of aromatic nitrogens is 6. The maximum Gasteiger partial charge on any atom is 0.433 e. The van der Waals surface area contributed by atoms with Crippen molar-refractivity contribution in [3.05, 3.63) is 40.9 Å². The first-order valence-corrected chi connectivity index (χ1v) is 7.86. The van der Waals surface area contributed by atoms with Crippen molar-refractivity contribution in [3.8, 4) is 0 Å². The molecule has 0 aliphatic carbocycles. The number of rotatable bonds is 1. The Kier molecular flexibility index (Phi) is 3.49. The Bertz CT molecular complexity index is 1020. The van der Waals surface area contributed by atoms with Crippen LogP contribution in [0.3, 0.4) is 0 Å². The predicted octanol–water partition coefficient (Wildman–Crippen LogP) is 1.61. The van der Waals surface area contributed by atoms with E-state index < -0.39 is 17.8 Å². The maximum absolute atomic E-state index is 13.2. The Morgan fingerprint density at radius 2 is 1.88 bits per heavy atom. The number of halogens is 3. The molecule has 3 aromatic rings. The van der Waals surface area contributed by atoms with Crippen molar-refractivity contribution in [3.63, 3.8) is 0 Å². The highest BCUT2D eigenvalue weighted by Crippen LogP contribution is 2.30. The van der Waals surface area contributed by atoms with Crippen LogP contribution in [0.1, 0.15) is 33.5 Å². The van der Waals surface area contributed by atoms with Crippen molar-refractivity contribution in [2.75, 3.05) is 6.54 Å². The molecule has 0 spiro atoms. The van der Waals surface area contributed by atoms with Gasteiger partial charge in [-0.15, -0.1) is 0 Å². The highest BCUT2D eigenvalue weighted by atomic mass is 19.4. The van der Waals surface area contributed by atoms with Gasteiger partial charge in [0.05, 0.1) is 13.1 Å². The molecule has 1 aliphatic rings. The standard InChI is InChI=1S/C15H14F3N7O/c1-8-5-11(15(16,17)18)25-12(19-8)6-10(22-25)14(26)23-3-4-24-13(7-23)20-9(2)21-24/h5-6H,3-4,7H2,1-2H3. The molecule has 1 aliphatic heterocycles. The van der Waals surface area contributed by atoms with E-state index in [-0.39, 0.29) is 23.6 Å². The van der Waals surface area contributed by atoms with Crippen LogP contribution < -0.4 is 0 Å². The van der Waals surface area contributed by atoms with Crippen LogP contribution in [0, 0.1) is 13.8 Å². The number of nitrogens with zero attached hydrogens (tertiary/aromatic N) is 7. The quantitative estimate of drug-likeness (QED) is 0.655. The second-order valence-electron chi connectivity index (χ2n) is 6.11. The molecule has 0 radical (unpaired) electrons. The van der Waals surface area contributed by atoms with Crippen molar-refractivity contribution >= 4 is 11.6 Å². The van der Waals surface area contributed by atoms with Gasteiger partial charge in [0.25, 0.3) is 5.91 Å². The van der Waals surface area contributed by atoms with E-state index in [2.05, 4.69) is 20.2 Å². The maximum atomic E-state index is 13.2. The van der Waals surface area contributed by atoms with E-state index in [1.54, 1.807) is 11.6 Å². The first kappa shape index (κ1) is 16.5. The van der Waals surface area contributed by atoms with E-state index in [0.717, 1.165) is 6.07 Å². The average Bonchev–Trinajstić information content (AvgIpc) is 3.13. The molecule has 3 aromatic heterocycles. The minimum Gasteiger partial charge on any atom is -0.328 e. The lowest BCUT2D eigenvalue weighted by Crippen LogP contribution is -2.39. The van der Waals surface area contributed by atoms with Crippen LogP contribution in [0.5, 0.6) is 0 Å². The van der Waals surface area contributed by atoms with Crippen molar-refractivity contribution in [2.45, 2.75) is 33.1 Å². The molecule has 0 N–H and O–H groups in total. The first-order valence-electron chi connectivity index (χ1n) is 7.86. The Balaban J connectivity index is 1.70. The molecule has 1 amide bonds. The average molecular weight is 365 g/mol.